The standard InChI is InChI=1S/C26H29FN4O3/c1-31(19-6-4-3-5-7-19)23(32)16-28-26(33)20-13-15-22-24(25(20)34-2)21(29-30-22)14-10-17-8-11-18(27)12-9-17/h8-15,19H,3-7,16H2,1-2H3,(H,28,33)(H,29,30). The molecule has 7 nitrogen and oxygen atoms in total. The number of H-pyrrole nitrogens is 1. The Morgan fingerprint density at radius 1 is 1.15 bits per heavy atom. The van der Waals surface area contributed by atoms with E-state index in [9.17, 15) is 14.0 Å². The summed E-state index contributed by atoms with van der Waals surface area (Å²) in [4.78, 5) is 27.4. The molecule has 8 heteroatoms. The lowest BCUT2D eigenvalue weighted by Crippen LogP contribution is -2.44. The van der Waals surface area contributed by atoms with Gasteiger partial charge < -0.3 is 15.0 Å². The molecule has 0 radical (unpaired) electrons. The number of benzene rings is 2. The molecule has 0 saturated heterocycles. The first-order chi connectivity index (χ1) is 16.5. The molecule has 1 fully saturated rings. The van der Waals surface area contributed by atoms with Crippen LogP contribution in [0, 0.1) is 5.82 Å². The second kappa shape index (κ2) is 10.5. The zero-order valence-corrected chi connectivity index (χ0v) is 19.4. The number of hydrogen-bond acceptors (Lipinski definition) is 4. The molecule has 1 aliphatic carbocycles. The molecule has 2 aromatic carbocycles. The fourth-order valence-electron chi connectivity index (χ4n) is 4.41. The molecule has 1 aliphatic rings. The van der Waals surface area contributed by atoms with E-state index in [1.54, 1.807) is 41.3 Å². The fraction of sp³-hybridized carbons (Fsp3) is 0.346. The number of aromatic amines is 1. The van der Waals surface area contributed by atoms with Crippen molar-refractivity contribution in [2.45, 2.75) is 38.1 Å². The zero-order chi connectivity index (χ0) is 24.1. The van der Waals surface area contributed by atoms with Gasteiger partial charge in [-0.3, -0.25) is 14.7 Å². The summed E-state index contributed by atoms with van der Waals surface area (Å²) >= 11 is 0. The second-order valence-corrected chi connectivity index (χ2v) is 8.54. The molecular weight excluding hydrogens is 435 g/mol. The maximum absolute atomic E-state index is 13.2. The number of methoxy groups -OCH3 is 1. The summed E-state index contributed by atoms with van der Waals surface area (Å²) in [5.74, 6) is -0.427. The lowest BCUT2D eigenvalue weighted by Gasteiger charge is -2.31. The first kappa shape index (κ1) is 23.5. The van der Waals surface area contributed by atoms with E-state index in [1.165, 1.54) is 25.7 Å². The molecule has 1 heterocycles. The van der Waals surface area contributed by atoms with Crippen LogP contribution in [0.25, 0.3) is 23.1 Å². The lowest BCUT2D eigenvalue weighted by atomic mass is 9.94. The van der Waals surface area contributed by atoms with Crippen LogP contribution in [-0.2, 0) is 4.79 Å². The summed E-state index contributed by atoms with van der Waals surface area (Å²) in [6, 6.07) is 9.75. The van der Waals surface area contributed by atoms with Gasteiger partial charge in [0.2, 0.25) is 5.91 Å². The zero-order valence-electron chi connectivity index (χ0n) is 19.4. The first-order valence-electron chi connectivity index (χ1n) is 11.5. The van der Waals surface area contributed by atoms with Gasteiger partial charge in [0.05, 0.1) is 35.8 Å². The molecule has 0 unspecified atom stereocenters. The van der Waals surface area contributed by atoms with Gasteiger partial charge in [-0.25, -0.2) is 4.39 Å². The molecule has 0 bridgehead atoms. The van der Waals surface area contributed by atoms with Crippen molar-refractivity contribution in [3.05, 3.63) is 59.0 Å². The van der Waals surface area contributed by atoms with E-state index in [1.807, 2.05) is 7.05 Å². The van der Waals surface area contributed by atoms with E-state index >= 15 is 0 Å². The van der Waals surface area contributed by atoms with Crippen molar-refractivity contribution in [2.75, 3.05) is 20.7 Å². The number of fused-ring (bicyclic) bond motifs is 1. The molecule has 2 amide bonds. The lowest BCUT2D eigenvalue weighted by molar-refractivity contribution is -0.131. The molecule has 1 aromatic heterocycles. The predicted molar refractivity (Wildman–Crippen MR) is 130 cm³/mol. The van der Waals surface area contributed by atoms with Crippen LogP contribution >= 0.6 is 0 Å². The van der Waals surface area contributed by atoms with Gasteiger partial charge in [-0.05, 0) is 48.7 Å². The topological polar surface area (TPSA) is 87.3 Å². The summed E-state index contributed by atoms with van der Waals surface area (Å²) in [5.41, 5.74) is 2.42. The monoisotopic (exact) mass is 464 g/mol. The molecule has 0 spiro atoms. The third kappa shape index (κ3) is 5.11. The van der Waals surface area contributed by atoms with Crippen LogP contribution < -0.4 is 10.1 Å². The van der Waals surface area contributed by atoms with E-state index < -0.39 is 0 Å². The third-order valence-electron chi connectivity index (χ3n) is 6.38. The highest BCUT2D eigenvalue weighted by Gasteiger charge is 2.23. The van der Waals surface area contributed by atoms with E-state index in [2.05, 4.69) is 15.5 Å². The minimum absolute atomic E-state index is 0.0737. The van der Waals surface area contributed by atoms with Gasteiger partial charge in [0, 0.05) is 13.1 Å². The van der Waals surface area contributed by atoms with E-state index in [-0.39, 0.29) is 30.2 Å². The number of nitrogens with one attached hydrogen (secondary N) is 2. The van der Waals surface area contributed by atoms with Gasteiger partial charge in [0.1, 0.15) is 11.6 Å². The Bertz CT molecular complexity index is 1200. The molecule has 0 aliphatic heterocycles. The molecule has 0 atom stereocenters. The summed E-state index contributed by atoms with van der Waals surface area (Å²) in [6.07, 6.45) is 9.08. The highest BCUT2D eigenvalue weighted by Crippen LogP contribution is 2.32. The molecule has 34 heavy (non-hydrogen) atoms. The fourth-order valence-corrected chi connectivity index (χ4v) is 4.41. The Kier molecular flexibility index (Phi) is 7.25. The Labute approximate surface area is 198 Å². The number of carbonyl (C=O) groups excluding carboxylic acids is 2. The van der Waals surface area contributed by atoms with Crippen molar-refractivity contribution < 1.29 is 18.7 Å². The van der Waals surface area contributed by atoms with Gasteiger partial charge in [-0.2, -0.15) is 5.10 Å². The van der Waals surface area contributed by atoms with Gasteiger partial charge in [0.15, 0.2) is 0 Å². The van der Waals surface area contributed by atoms with Gasteiger partial charge in [-0.1, -0.05) is 37.5 Å². The van der Waals surface area contributed by atoms with Crippen LogP contribution in [0.3, 0.4) is 0 Å². The predicted octanol–water partition coefficient (Wildman–Crippen LogP) is 4.40. The van der Waals surface area contributed by atoms with Gasteiger partial charge >= 0.3 is 0 Å². The van der Waals surface area contributed by atoms with Crippen molar-refractivity contribution in [1.29, 1.82) is 0 Å². The Morgan fingerprint density at radius 3 is 2.59 bits per heavy atom. The molecule has 3 aromatic rings. The van der Waals surface area contributed by atoms with E-state index in [0.29, 0.717) is 27.9 Å². The number of nitrogens with zero attached hydrogens (tertiary/aromatic N) is 2. The van der Waals surface area contributed by atoms with Crippen LogP contribution in [-0.4, -0.2) is 53.7 Å². The quantitative estimate of drug-likeness (QED) is 0.543. The van der Waals surface area contributed by atoms with Crippen molar-refractivity contribution in [1.82, 2.24) is 20.4 Å². The molecule has 178 valence electrons. The van der Waals surface area contributed by atoms with E-state index in [0.717, 1.165) is 31.2 Å². The highest BCUT2D eigenvalue weighted by atomic mass is 19.1. The summed E-state index contributed by atoms with van der Waals surface area (Å²) in [6.45, 7) is -0.0737. The minimum Gasteiger partial charge on any atom is -0.495 e. The Balaban J connectivity index is 1.51. The smallest absolute Gasteiger partial charge is 0.255 e. The summed E-state index contributed by atoms with van der Waals surface area (Å²) in [7, 11) is 3.30. The number of ether oxygens (including phenoxy) is 1. The van der Waals surface area contributed by atoms with Crippen LogP contribution in [0.2, 0.25) is 0 Å². The Hall–Kier alpha value is -3.68. The van der Waals surface area contributed by atoms with Crippen LogP contribution in [0.4, 0.5) is 4.39 Å². The van der Waals surface area contributed by atoms with Crippen LogP contribution in [0.15, 0.2) is 36.4 Å². The molecule has 4 rings (SSSR count). The number of rotatable bonds is 7. The summed E-state index contributed by atoms with van der Waals surface area (Å²) in [5, 5.41) is 10.7. The van der Waals surface area contributed by atoms with Gasteiger partial charge in [-0.15, -0.1) is 0 Å². The van der Waals surface area contributed by atoms with Crippen molar-refractivity contribution in [2.24, 2.45) is 0 Å². The number of aromatic nitrogens is 2. The van der Waals surface area contributed by atoms with Crippen LogP contribution in [0.1, 0.15) is 53.7 Å². The third-order valence-corrected chi connectivity index (χ3v) is 6.38. The average Bonchev–Trinajstić information content (AvgIpc) is 3.29. The average molecular weight is 465 g/mol. The van der Waals surface area contributed by atoms with Crippen molar-refractivity contribution >= 4 is 34.9 Å². The normalized spacial score (nSPS) is 14.4. The summed E-state index contributed by atoms with van der Waals surface area (Å²) < 4.78 is 18.8. The number of likely N-dealkylation sites (N-methyl/N-ethyl adjacent to an activating group) is 1. The number of carbonyl (C=O) groups is 2. The van der Waals surface area contributed by atoms with Crippen molar-refractivity contribution in [3.8, 4) is 5.75 Å². The molecule has 2 N–H and O–H groups in total. The van der Waals surface area contributed by atoms with Crippen molar-refractivity contribution in [3.63, 3.8) is 0 Å². The largest absolute Gasteiger partial charge is 0.495 e. The highest BCUT2D eigenvalue weighted by molar-refractivity contribution is 6.06. The number of halogens is 1. The Morgan fingerprint density at radius 2 is 1.88 bits per heavy atom. The molecular formula is C26H29FN4O3. The van der Waals surface area contributed by atoms with Crippen LogP contribution in [0.5, 0.6) is 5.75 Å². The van der Waals surface area contributed by atoms with E-state index in [4.69, 9.17) is 4.74 Å². The number of hydrogen-bond donors (Lipinski definition) is 2. The SMILES string of the molecule is COc1c(C(=O)NCC(=O)N(C)C2CCCCC2)ccc2[nH]nc(C=Cc3ccc(F)cc3)c12. The molecule has 1 saturated carbocycles. The first-order valence-corrected chi connectivity index (χ1v) is 11.5. The van der Waals surface area contributed by atoms with Gasteiger partial charge in [0.25, 0.3) is 5.91 Å². The minimum atomic E-state index is -0.390. The number of amides is 2. The second-order valence-electron chi connectivity index (χ2n) is 8.54. The maximum Gasteiger partial charge on any atom is 0.255 e. The maximum atomic E-state index is 13.2.